The van der Waals surface area contributed by atoms with Crippen molar-refractivity contribution >= 4 is 5.91 Å². The quantitative estimate of drug-likeness (QED) is 0.757. The van der Waals surface area contributed by atoms with Gasteiger partial charge in [-0.2, -0.15) is 0 Å². The van der Waals surface area contributed by atoms with Gasteiger partial charge in [0, 0.05) is 6.54 Å². The fraction of sp³-hybridized carbons (Fsp3) is 0.500. The minimum atomic E-state index is -0.197. The van der Waals surface area contributed by atoms with E-state index < -0.39 is 0 Å². The van der Waals surface area contributed by atoms with Crippen LogP contribution in [0.15, 0.2) is 24.3 Å². The molecule has 4 nitrogen and oxygen atoms in total. The number of hydrogen-bond acceptors (Lipinski definition) is 3. The van der Waals surface area contributed by atoms with Gasteiger partial charge < -0.3 is 15.7 Å². The van der Waals surface area contributed by atoms with Gasteiger partial charge in [-0.25, -0.2) is 0 Å². The third-order valence-electron chi connectivity index (χ3n) is 3.39. The van der Waals surface area contributed by atoms with Crippen molar-refractivity contribution in [2.24, 2.45) is 5.92 Å². The van der Waals surface area contributed by atoms with E-state index in [1.807, 2.05) is 0 Å². The van der Waals surface area contributed by atoms with E-state index in [1.165, 1.54) is 18.9 Å². The van der Waals surface area contributed by atoms with Crippen molar-refractivity contribution in [3.63, 3.8) is 0 Å². The minimum absolute atomic E-state index is 0.0364. The van der Waals surface area contributed by atoms with Crippen molar-refractivity contribution in [2.45, 2.75) is 19.3 Å². The van der Waals surface area contributed by atoms with E-state index in [1.54, 1.807) is 18.2 Å². The summed E-state index contributed by atoms with van der Waals surface area (Å²) in [6.07, 6.45) is 3.45. The van der Waals surface area contributed by atoms with Gasteiger partial charge in [0.05, 0.1) is 5.56 Å². The van der Waals surface area contributed by atoms with Crippen molar-refractivity contribution in [3.8, 4) is 5.75 Å². The zero-order chi connectivity index (χ0) is 12.8. The number of phenols is 1. The zero-order valence-electron chi connectivity index (χ0n) is 10.5. The molecule has 1 aromatic carbocycles. The summed E-state index contributed by atoms with van der Waals surface area (Å²) in [5.74, 6) is 0.495. The van der Waals surface area contributed by atoms with Crippen LogP contribution in [0.4, 0.5) is 0 Å². The first-order valence-electron chi connectivity index (χ1n) is 6.54. The molecule has 1 aliphatic rings. The predicted molar refractivity (Wildman–Crippen MR) is 70.7 cm³/mol. The Hall–Kier alpha value is -1.55. The number of hydrogen-bond donors (Lipinski definition) is 3. The van der Waals surface area contributed by atoms with Crippen LogP contribution in [0, 0.1) is 5.92 Å². The van der Waals surface area contributed by atoms with Gasteiger partial charge in [0.15, 0.2) is 0 Å². The summed E-state index contributed by atoms with van der Waals surface area (Å²) in [4.78, 5) is 11.8. The van der Waals surface area contributed by atoms with Crippen LogP contribution in [0.2, 0.25) is 0 Å². The molecule has 1 heterocycles. The number of para-hydroxylation sites is 1. The molecular formula is C14H20N2O2. The van der Waals surface area contributed by atoms with E-state index in [0.29, 0.717) is 18.0 Å². The van der Waals surface area contributed by atoms with Crippen molar-refractivity contribution in [1.29, 1.82) is 0 Å². The molecule has 0 radical (unpaired) electrons. The first-order valence-corrected chi connectivity index (χ1v) is 6.54. The van der Waals surface area contributed by atoms with Crippen LogP contribution in [-0.2, 0) is 0 Å². The number of phenolic OH excluding ortho intramolecular Hbond substituents is 1. The SMILES string of the molecule is O=C(NCCC1CCCNC1)c1ccccc1O. The largest absolute Gasteiger partial charge is 0.507 e. The lowest BCUT2D eigenvalue weighted by atomic mass is 9.96. The van der Waals surface area contributed by atoms with Crippen LogP contribution in [0.1, 0.15) is 29.6 Å². The van der Waals surface area contributed by atoms with Gasteiger partial charge >= 0.3 is 0 Å². The van der Waals surface area contributed by atoms with Gasteiger partial charge in [0.25, 0.3) is 5.91 Å². The van der Waals surface area contributed by atoms with E-state index in [2.05, 4.69) is 10.6 Å². The van der Waals surface area contributed by atoms with Crippen LogP contribution in [0.5, 0.6) is 5.75 Å². The summed E-state index contributed by atoms with van der Waals surface area (Å²) in [7, 11) is 0. The molecular weight excluding hydrogens is 228 g/mol. The summed E-state index contributed by atoms with van der Waals surface area (Å²) in [6, 6.07) is 6.62. The van der Waals surface area contributed by atoms with Crippen molar-refractivity contribution in [3.05, 3.63) is 29.8 Å². The minimum Gasteiger partial charge on any atom is -0.507 e. The molecule has 4 heteroatoms. The van der Waals surface area contributed by atoms with Gasteiger partial charge in [0.1, 0.15) is 5.75 Å². The molecule has 0 bridgehead atoms. The van der Waals surface area contributed by atoms with E-state index in [0.717, 1.165) is 19.5 Å². The number of carbonyl (C=O) groups is 1. The lowest BCUT2D eigenvalue weighted by Crippen LogP contribution is -2.33. The van der Waals surface area contributed by atoms with Crippen LogP contribution in [0.3, 0.4) is 0 Å². The van der Waals surface area contributed by atoms with Gasteiger partial charge in [-0.05, 0) is 50.4 Å². The van der Waals surface area contributed by atoms with E-state index in [4.69, 9.17) is 0 Å². The molecule has 1 fully saturated rings. The molecule has 1 atom stereocenters. The molecule has 1 amide bonds. The molecule has 1 unspecified atom stereocenters. The number of nitrogens with one attached hydrogen (secondary N) is 2. The fourth-order valence-corrected chi connectivity index (χ4v) is 2.32. The second-order valence-corrected chi connectivity index (χ2v) is 4.77. The summed E-state index contributed by atoms with van der Waals surface area (Å²) < 4.78 is 0. The van der Waals surface area contributed by atoms with Crippen LogP contribution in [0.25, 0.3) is 0 Å². The molecule has 2 rings (SSSR count). The Morgan fingerprint density at radius 1 is 1.44 bits per heavy atom. The summed E-state index contributed by atoms with van der Waals surface area (Å²) in [6.45, 7) is 2.83. The number of amides is 1. The highest BCUT2D eigenvalue weighted by atomic mass is 16.3. The third kappa shape index (κ3) is 3.47. The number of benzene rings is 1. The maximum Gasteiger partial charge on any atom is 0.255 e. The standard InChI is InChI=1S/C14H20N2O2/c17-13-6-2-1-5-12(13)14(18)16-9-7-11-4-3-8-15-10-11/h1-2,5-6,11,15,17H,3-4,7-10H2,(H,16,18). The Bertz CT molecular complexity index is 401. The number of aromatic hydroxyl groups is 1. The first-order chi connectivity index (χ1) is 8.77. The lowest BCUT2D eigenvalue weighted by molar-refractivity contribution is 0.0948. The normalized spacial score (nSPS) is 19.4. The average molecular weight is 248 g/mol. The topological polar surface area (TPSA) is 61.4 Å². The van der Waals surface area contributed by atoms with E-state index >= 15 is 0 Å². The predicted octanol–water partition coefficient (Wildman–Crippen LogP) is 1.51. The van der Waals surface area contributed by atoms with Gasteiger partial charge in [0.2, 0.25) is 0 Å². The van der Waals surface area contributed by atoms with Gasteiger partial charge in [-0.1, -0.05) is 12.1 Å². The monoisotopic (exact) mass is 248 g/mol. The molecule has 1 saturated heterocycles. The Labute approximate surface area is 107 Å². The lowest BCUT2D eigenvalue weighted by Gasteiger charge is -2.22. The van der Waals surface area contributed by atoms with Crippen molar-refractivity contribution in [2.75, 3.05) is 19.6 Å². The molecule has 0 aromatic heterocycles. The highest BCUT2D eigenvalue weighted by Gasteiger charge is 2.14. The second-order valence-electron chi connectivity index (χ2n) is 4.77. The van der Waals surface area contributed by atoms with Gasteiger partial charge in [-0.3, -0.25) is 4.79 Å². The Morgan fingerprint density at radius 2 is 2.28 bits per heavy atom. The smallest absolute Gasteiger partial charge is 0.255 e. The maximum absolute atomic E-state index is 11.8. The molecule has 3 N–H and O–H groups in total. The second kappa shape index (κ2) is 6.40. The highest BCUT2D eigenvalue weighted by Crippen LogP contribution is 2.16. The molecule has 0 saturated carbocycles. The molecule has 18 heavy (non-hydrogen) atoms. The summed E-state index contributed by atoms with van der Waals surface area (Å²) >= 11 is 0. The summed E-state index contributed by atoms with van der Waals surface area (Å²) in [5, 5.41) is 15.8. The van der Waals surface area contributed by atoms with Crippen LogP contribution in [-0.4, -0.2) is 30.6 Å². The Balaban J connectivity index is 1.76. The van der Waals surface area contributed by atoms with Gasteiger partial charge in [-0.15, -0.1) is 0 Å². The Kier molecular flexibility index (Phi) is 4.59. The first kappa shape index (κ1) is 12.9. The molecule has 0 aliphatic carbocycles. The number of carbonyl (C=O) groups excluding carboxylic acids is 1. The Morgan fingerprint density at radius 3 is 3.00 bits per heavy atom. The highest BCUT2D eigenvalue weighted by molar-refractivity contribution is 5.96. The van der Waals surface area contributed by atoms with Crippen LogP contribution >= 0.6 is 0 Å². The van der Waals surface area contributed by atoms with Crippen LogP contribution < -0.4 is 10.6 Å². The molecule has 98 valence electrons. The average Bonchev–Trinajstić information content (AvgIpc) is 2.40. The molecule has 0 spiro atoms. The number of piperidine rings is 1. The molecule has 1 aliphatic heterocycles. The fourth-order valence-electron chi connectivity index (χ4n) is 2.32. The third-order valence-corrected chi connectivity index (χ3v) is 3.39. The van der Waals surface area contributed by atoms with Crippen molar-refractivity contribution < 1.29 is 9.90 Å². The number of rotatable bonds is 4. The van der Waals surface area contributed by atoms with E-state index in [-0.39, 0.29) is 11.7 Å². The maximum atomic E-state index is 11.8. The summed E-state index contributed by atoms with van der Waals surface area (Å²) in [5.41, 5.74) is 0.347. The van der Waals surface area contributed by atoms with E-state index in [9.17, 15) is 9.90 Å². The van der Waals surface area contributed by atoms with Crippen molar-refractivity contribution in [1.82, 2.24) is 10.6 Å². The molecule has 1 aromatic rings. The zero-order valence-corrected chi connectivity index (χ0v) is 10.5.